The maximum Gasteiger partial charge on any atom is 0.253 e. The Hall–Kier alpha value is -6.69. The highest BCUT2D eigenvalue weighted by molar-refractivity contribution is 7.99. The summed E-state index contributed by atoms with van der Waals surface area (Å²) in [5.74, 6) is 0.654. The molecular formula is C52H37Cl2N7O2S. The molecule has 64 heavy (non-hydrogen) atoms. The van der Waals surface area contributed by atoms with Gasteiger partial charge in [0.25, 0.3) is 5.56 Å². The standard InChI is InChI=1S/C52H37Cl2N7O2S/c1-55-26-41-39-14-15-44(62)58-51(39)60-49(28-7-3-2-4-8-28)45(41)33-19-34-20-36(25-57-48(34)43(54)24-33)29-9-5-10-30(17-29)46-40(32-18-31-11-6-16-56-47(31)42(53)23-32)22-35-21-37(27-64-38-12-13-38)52(63)61-50(35)59-46/h2-11,14-25,38,55H,12-13,26-27H2,1H3,(H,58,60,62)(H,59,61,63). The summed E-state index contributed by atoms with van der Waals surface area (Å²) in [6, 6.07) is 39.7. The van der Waals surface area contributed by atoms with Crippen molar-refractivity contribution in [2.75, 3.05) is 7.05 Å². The van der Waals surface area contributed by atoms with Gasteiger partial charge >= 0.3 is 0 Å². The minimum absolute atomic E-state index is 0.121. The van der Waals surface area contributed by atoms with Gasteiger partial charge in [-0.25, -0.2) is 9.97 Å². The smallest absolute Gasteiger partial charge is 0.253 e. The molecule has 3 N–H and O–H groups in total. The summed E-state index contributed by atoms with van der Waals surface area (Å²) in [5.41, 5.74) is 12.3. The zero-order valence-corrected chi connectivity index (χ0v) is 36.7. The second-order valence-corrected chi connectivity index (χ2v) is 18.2. The van der Waals surface area contributed by atoms with Crippen molar-refractivity contribution >= 4 is 78.8 Å². The number of hydrogen-bond acceptors (Lipinski definition) is 8. The Morgan fingerprint density at radius 2 is 1.41 bits per heavy atom. The fourth-order valence-electron chi connectivity index (χ4n) is 8.54. The Morgan fingerprint density at radius 3 is 2.23 bits per heavy atom. The molecule has 0 amide bonds. The monoisotopic (exact) mass is 893 g/mol. The highest BCUT2D eigenvalue weighted by Crippen LogP contribution is 2.42. The van der Waals surface area contributed by atoms with Crippen LogP contribution in [0.1, 0.15) is 24.0 Å². The molecule has 0 atom stereocenters. The summed E-state index contributed by atoms with van der Waals surface area (Å²) in [4.78, 5) is 51.6. The second-order valence-electron chi connectivity index (χ2n) is 16.1. The first-order valence-electron chi connectivity index (χ1n) is 21.0. The highest BCUT2D eigenvalue weighted by atomic mass is 35.5. The van der Waals surface area contributed by atoms with Gasteiger partial charge in [0, 0.05) is 90.9 Å². The van der Waals surface area contributed by atoms with Crippen LogP contribution in [-0.2, 0) is 12.3 Å². The van der Waals surface area contributed by atoms with Crippen LogP contribution in [0.5, 0.6) is 0 Å². The van der Waals surface area contributed by atoms with E-state index in [1.54, 1.807) is 6.20 Å². The third-order valence-electron chi connectivity index (χ3n) is 11.8. The van der Waals surface area contributed by atoms with E-state index in [9.17, 15) is 9.59 Å². The minimum Gasteiger partial charge on any atom is -0.316 e. The van der Waals surface area contributed by atoms with Gasteiger partial charge in [0.15, 0.2) is 0 Å². The Bertz CT molecular complexity index is 3630. The predicted octanol–water partition coefficient (Wildman–Crippen LogP) is 12.0. The van der Waals surface area contributed by atoms with Crippen LogP contribution in [0.2, 0.25) is 10.0 Å². The van der Waals surface area contributed by atoms with Gasteiger partial charge in [-0.2, -0.15) is 11.8 Å². The Balaban J connectivity index is 1.06. The number of aromatic amines is 2. The number of rotatable bonds is 10. The van der Waals surface area contributed by atoms with Gasteiger partial charge < -0.3 is 15.3 Å². The number of thioether (sulfide) groups is 1. The SMILES string of the molecule is CNCc1c(-c2cc(Cl)c3ncc(-c4cccc(-c5nc6[nH]c(=O)c(CSC7CC7)cc6cc5-c5cc(Cl)c6ncccc6c5)c4)cc3c2)c(-c2ccccc2)nc2[nH]c(=O)ccc12. The molecule has 9 nitrogen and oxygen atoms in total. The van der Waals surface area contributed by atoms with Crippen LogP contribution >= 0.6 is 35.0 Å². The molecule has 0 radical (unpaired) electrons. The van der Waals surface area contributed by atoms with Crippen LogP contribution in [-0.4, -0.2) is 42.2 Å². The van der Waals surface area contributed by atoms with Crippen molar-refractivity contribution in [2.24, 2.45) is 0 Å². The number of hydrogen-bond donors (Lipinski definition) is 3. The maximum absolute atomic E-state index is 13.4. The molecule has 4 aromatic carbocycles. The van der Waals surface area contributed by atoms with E-state index in [-0.39, 0.29) is 11.1 Å². The lowest BCUT2D eigenvalue weighted by Crippen LogP contribution is -2.12. The third kappa shape index (κ3) is 7.52. The number of aromatic nitrogens is 6. The molecule has 1 fully saturated rings. The summed E-state index contributed by atoms with van der Waals surface area (Å²) in [6.07, 6.45) is 5.98. The van der Waals surface area contributed by atoms with Crippen LogP contribution in [0.25, 0.3) is 99.8 Å². The van der Waals surface area contributed by atoms with E-state index >= 15 is 0 Å². The maximum atomic E-state index is 13.4. The van der Waals surface area contributed by atoms with E-state index in [1.807, 2.05) is 104 Å². The van der Waals surface area contributed by atoms with Crippen LogP contribution in [0, 0.1) is 0 Å². The molecule has 11 rings (SSSR count). The quantitative estimate of drug-likeness (QED) is 0.124. The molecule has 1 saturated carbocycles. The number of benzene rings is 4. The average molecular weight is 895 g/mol. The molecule has 312 valence electrons. The second kappa shape index (κ2) is 16.5. The minimum atomic E-state index is -0.219. The van der Waals surface area contributed by atoms with Gasteiger partial charge in [0.2, 0.25) is 5.56 Å². The topological polar surface area (TPSA) is 129 Å². The lowest BCUT2D eigenvalue weighted by Gasteiger charge is -2.18. The fraction of sp³-hybridized carbons (Fsp3) is 0.115. The Morgan fingerprint density at radius 1 is 0.656 bits per heavy atom. The van der Waals surface area contributed by atoms with Gasteiger partial charge in [0.1, 0.15) is 11.3 Å². The molecule has 6 aromatic heterocycles. The van der Waals surface area contributed by atoms with Crippen LogP contribution in [0.3, 0.4) is 0 Å². The molecule has 0 aliphatic heterocycles. The summed E-state index contributed by atoms with van der Waals surface area (Å²) in [7, 11) is 1.90. The van der Waals surface area contributed by atoms with Crippen LogP contribution in [0.15, 0.2) is 143 Å². The van der Waals surface area contributed by atoms with Crippen molar-refractivity contribution in [3.63, 3.8) is 0 Å². The Kier molecular flexibility index (Phi) is 10.3. The van der Waals surface area contributed by atoms with Gasteiger partial charge in [0.05, 0.1) is 32.5 Å². The van der Waals surface area contributed by atoms with Gasteiger partial charge in [-0.1, -0.05) is 77.8 Å². The van der Waals surface area contributed by atoms with E-state index in [0.717, 1.165) is 88.4 Å². The first kappa shape index (κ1) is 40.1. The van der Waals surface area contributed by atoms with E-state index in [2.05, 4.69) is 56.7 Å². The molecule has 12 heteroatoms. The largest absolute Gasteiger partial charge is 0.316 e. The molecule has 1 aliphatic carbocycles. The highest BCUT2D eigenvalue weighted by Gasteiger charge is 2.23. The number of halogens is 2. The molecule has 0 saturated heterocycles. The van der Waals surface area contributed by atoms with Crippen molar-refractivity contribution in [3.8, 4) is 55.9 Å². The number of pyridine rings is 6. The van der Waals surface area contributed by atoms with E-state index in [4.69, 9.17) is 38.2 Å². The average Bonchev–Trinajstić information content (AvgIpc) is 4.15. The predicted molar refractivity (Wildman–Crippen MR) is 263 cm³/mol. The fourth-order valence-corrected chi connectivity index (χ4v) is 10.2. The first-order chi connectivity index (χ1) is 31.3. The van der Waals surface area contributed by atoms with Crippen LogP contribution < -0.4 is 16.4 Å². The van der Waals surface area contributed by atoms with Crippen molar-refractivity contribution in [1.82, 2.24) is 35.2 Å². The summed E-state index contributed by atoms with van der Waals surface area (Å²) >= 11 is 15.8. The van der Waals surface area contributed by atoms with Gasteiger partial charge in [-0.05, 0) is 103 Å². The molecule has 0 spiro atoms. The molecule has 10 aromatic rings. The number of H-pyrrole nitrogens is 2. The summed E-state index contributed by atoms with van der Waals surface area (Å²) in [5, 5.41) is 8.45. The Labute approximate surface area is 381 Å². The van der Waals surface area contributed by atoms with Crippen molar-refractivity contribution in [2.45, 2.75) is 30.4 Å². The normalized spacial score (nSPS) is 12.8. The van der Waals surface area contributed by atoms with E-state index < -0.39 is 0 Å². The number of nitrogens with zero attached hydrogens (tertiary/aromatic N) is 4. The molecule has 0 unspecified atom stereocenters. The molecule has 0 bridgehead atoms. The van der Waals surface area contributed by atoms with Gasteiger partial charge in [-0.15, -0.1) is 0 Å². The van der Waals surface area contributed by atoms with Crippen molar-refractivity contribution in [3.05, 3.63) is 176 Å². The summed E-state index contributed by atoms with van der Waals surface area (Å²) < 4.78 is 0. The zero-order chi connectivity index (χ0) is 43.5. The first-order valence-corrected chi connectivity index (χ1v) is 22.8. The van der Waals surface area contributed by atoms with E-state index in [0.29, 0.717) is 50.1 Å². The molecular weight excluding hydrogens is 858 g/mol. The van der Waals surface area contributed by atoms with Crippen molar-refractivity contribution in [1.29, 1.82) is 0 Å². The van der Waals surface area contributed by atoms with Crippen molar-refractivity contribution < 1.29 is 0 Å². The summed E-state index contributed by atoms with van der Waals surface area (Å²) in [6.45, 7) is 0.516. The number of nitrogens with one attached hydrogen (secondary N) is 3. The van der Waals surface area contributed by atoms with Gasteiger partial charge in [-0.3, -0.25) is 19.6 Å². The lowest BCUT2D eigenvalue weighted by molar-refractivity contribution is 0.824. The number of fused-ring (bicyclic) bond motifs is 4. The zero-order valence-electron chi connectivity index (χ0n) is 34.4. The lowest BCUT2D eigenvalue weighted by atomic mass is 9.91. The van der Waals surface area contributed by atoms with E-state index in [1.165, 1.54) is 18.9 Å². The molecule has 1 aliphatic rings. The molecule has 6 heterocycles. The third-order valence-corrected chi connectivity index (χ3v) is 13.8. The van der Waals surface area contributed by atoms with Crippen LogP contribution in [0.4, 0.5) is 0 Å².